The van der Waals surface area contributed by atoms with E-state index in [0.29, 0.717) is 16.7 Å². The summed E-state index contributed by atoms with van der Waals surface area (Å²) in [5.74, 6) is 6.79. The molecule has 2 aromatic rings. The van der Waals surface area contributed by atoms with Gasteiger partial charge in [-0.1, -0.05) is 23.7 Å². The Labute approximate surface area is 122 Å². The lowest BCUT2D eigenvalue weighted by Crippen LogP contribution is -2.29. The first kappa shape index (κ1) is 14.6. The van der Waals surface area contributed by atoms with E-state index in [9.17, 15) is 0 Å². The number of aromatic nitrogens is 1. The van der Waals surface area contributed by atoms with Crippen LogP contribution in [0.5, 0.6) is 11.6 Å². The van der Waals surface area contributed by atoms with Gasteiger partial charge in [0.1, 0.15) is 5.75 Å². The molecule has 0 saturated carbocycles. The number of nitrogens with zero attached hydrogens (tertiary/aromatic N) is 1. The highest BCUT2D eigenvalue weighted by molar-refractivity contribution is 6.32. The predicted molar refractivity (Wildman–Crippen MR) is 78.0 cm³/mol. The van der Waals surface area contributed by atoms with Crippen molar-refractivity contribution in [2.45, 2.75) is 6.04 Å². The summed E-state index contributed by atoms with van der Waals surface area (Å²) in [5.41, 5.74) is 4.50. The second-order valence-corrected chi connectivity index (χ2v) is 4.50. The van der Waals surface area contributed by atoms with Gasteiger partial charge in [0.05, 0.1) is 25.3 Å². The van der Waals surface area contributed by atoms with E-state index in [1.165, 1.54) is 0 Å². The third-order valence-corrected chi connectivity index (χ3v) is 3.29. The van der Waals surface area contributed by atoms with Gasteiger partial charge in [-0.2, -0.15) is 0 Å². The van der Waals surface area contributed by atoms with Gasteiger partial charge in [-0.25, -0.2) is 10.4 Å². The highest BCUT2D eigenvalue weighted by Crippen LogP contribution is 2.32. The number of hydrogen-bond donors (Lipinski definition) is 2. The van der Waals surface area contributed by atoms with Gasteiger partial charge < -0.3 is 9.47 Å². The average Bonchev–Trinajstić information content (AvgIpc) is 2.50. The molecule has 0 spiro atoms. The van der Waals surface area contributed by atoms with E-state index in [-0.39, 0.29) is 6.04 Å². The lowest BCUT2D eigenvalue weighted by atomic mass is 10.00. The van der Waals surface area contributed by atoms with Crippen molar-refractivity contribution in [3.63, 3.8) is 0 Å². The number of pyridine rings is 1. The van der Waals surface area contributed by atoms with Crippen LogP contribution in [0.2, 0.25) is 5.02 Å². The van der Waals surface area contributed by atoms with Crippen molar-refractivity contribution in [3.8, 4) is 11.6 Å². The Morgan fingerprint density at radius 1 is 1.25 bits per heavy atom. The van der Waals surface area contributed by atoms with Crippen molar-refractivity contribution in [1.29, 1.82) is 0 Å². The van der Waals surface area contributed by atoms with Crippen LogP contribution in [0, 0.1) is 0 Å². The smallest absolute Gasteiger partial charge is 0.218 e. The van der Waals surface area contributed by atoms with Crippen LogP contribution in [0.4, 0.5) is 0 Å². The second-order valence-electron chi connectivity index (χ2n) is 4.10. The molecule has 1 atom stereocenters. The minimum absolute atomic E-state index is 0.273. The highest BCUT2D eigenvalue weighted by Gasteiger charge is 2.18. The number of halogens is 1. The Morgan fingerprint density at radius 3 is 2.70 bits per heavy atom. The fraction of sp³-hybridized carbons (Fsp3) is 0.214. The summed E-state index contributed by atoms with van der Waals surface area (Å²) in [6.07, 6.45) is 1.67. The van der Waals surface area contributed by atoms with Gasteiger partial charge >= 0.3 is 0 Å². The fourth-order valence-corrected chi connectivity index (χ4v) is 2.21. The van der Waals surface area contributed by atoms with E-state index < -0.39 is 0 Å². The van der Waals surface area contributed by atoms with Crippen LogP contribution in [-0.2, 0) is 0 Å². The molecule has 2 rings (SSSR count). The minimum atomic E-state index is -0.273. The average molecular weight is 294 g/mol. The van der Waals surface area contributed by atoms with E-state index in [0.717, 1.165) is 11.1 Å². The lowest BCUT2D eigenvalue weighted by molar-refractivity contribution is 0.386. The van der Waals surface area contributed by atoms with Crippen molar-refractivity contribution in [3.05, 3.63) is 52.7 Å². The largest absolute Gasteiger partial charge is 0.495 e. The summed E-state index contributed by atoms with van der Waals surface area (Å²) in [5, 5.41) is 0.546. The summed E-state index contributed by atoms with van der Waals surface area (Å²) in [4.78, 5) is 4.18. The van der Waals surface area contributed by atoms with Crippen molar-refractivity contribution in [2.24, 2.45) is 5.84 Å². The Balaban J connectivity index is 2.47. The number of hydrazine groups is 1. The zero-order chi connectivity index (χ0) is 14.5. The van der Waals surface area contributed by atoms with Gasteiger partial charge in [-0.15, -0.1) is 0 Å². The Bertz CT molecular complexity index is 592. The summed E-state index contributed by atoms with van der Waals surface area (Å²) < 4.78 is 10.5. The Morgan fingerprint density at radius 2 is 2.05 bits per heavy atom. The molecule has 1 heterocycles. The maximum Gasteiger partial charge on any atom is 0.218 e. The minimum Gasteiger partial charge on any atom is -0.495 e. The zero-order valence-electron chi connectivity index (χ0n) is 11.3. The summed E-state index contributed by atoms with van der Waals surface area (Å²) in [7, 11) is 3.14. The molecule has 0 saturated heterocycles. The van der Waals surface area contributed by atoms with Gasteiger partial charge in [0.2, 0.25) is 5.88 Å². The first-order valence-corrected chi connectivity index (χ1v) is 6.37. The molecule has 0 amide bonds. The van der Waals surface area contributed by atoms with Gasteiger partial charge in [-0.05, 0) is 23.8 Å². The van der Waals surface area contributed by atoms with Crippen LogP contribution in [0.15, 0.2) is 36.5 Å². The summed E-state index contributed by atoms with van der Waals surface area (Å²) >= 11 is 6.04. The van der Waals surface area contributed by atoms with Crippen LogP contribution in [0.25, 0.3) is 0 Å². The van der Waals surface area contributed by atoms with Crippen molar-refractivity contribution in [2.75, 3.05) is 14.2 Å². The maximum atomic E-state index is 6.04. The van der Waals surface area contributed by atoms with Crippen LogP contribution in [0.3, 0.4) is 0 Å². The van der Waals surface area contributed by atoms with Crippen molar-refractivity contribution < 1.29 is 9.47 Å². The zero-order valence-corrected chi connectivity index (χ0v) is 12.0. The molecule has 106 valence electrons. The molecule has 1 unspecified atom stereocenters. The highest BCUT2D eigenvalue weighted by atomic mass is 35.5. The quantitative estimate of drug-likeness (QED) is 0.654. The van der Waals surface area contributed by atoms with E-state index in [1.807, 2.05) is 24.3 Å². The van der Waals surface area contributed by atoms with E-state index in [2.05, 4.69) is 10.4 Å². The molecule has 0 radical (unpaired) electrons. The number of benzene rings is 1. The molecule has 20 heavy (non-hydrogen) atoms. The van der Waals surface area contributed by atoms with Crippen molar-refractivity contribution >= 4 is 11.6 Å². The topological polar surface area (TPSA) is 69.4 Å². The molecule has 0 aliphatic heterocycles. The van der Waals surface area contributed by atoms with Gasteiger partial charge in [0.15, 0.2) is 0 Å². The first-order valence-electron chi connectivity index (χ1n) is 5.99. The molecule has 1 aromatic carbocycles. The maximum absolute atomic E-state index is 6.04. The summed E-state index contributed by atoms with van der Waals surface area (Å²) in [6.45, 7) is 0. The SMILES string of the molecule is COc1cc(C(NN)c2cccnc2OC)ccc1Cl. The molecule has 6 heteroatoms. The number of rotatable bonds is 5. The molecule has 0 aliphatic rings. The molecule has 5 nitrogen and oxygen atoms in total. The second kappa shape index (κ2) is 6.56. The van der Waals surface area contributed by atoms with Crippen LogP contribution < -0.4 is 20.7 Å². The van der Waals surface area contributed by atoms with Gasteiger partial charge in [0, 0.05) is 11.8 Å². The number of ether oxygens (including phenoxy) is 2. The fourth-order valence-electron chi connectivity index (χ4n) is 2.02. The normalized spacial score (nSPS) is 12.0. The number of nitrogens with two attached hydrogens (primary N) is 1. The van der Waals surface area contributed by atoms with Crippen LogP contribution in [-0.4, -0.2) is 19.2 Å². The number of methoxy groups -OCH3 is 2. The van der Waals surface area contributed by atoms with Gasteiger partial charge in [0.25, 0.3) is 0 Å². The molecular weight excluding hydrogens is 278 g/mol. The van der Waals surface area contributed by atoms with E-state index >= 15 is 0 Å². The first-order chi connectivity index (χ1) is 9.71. The van der Waals surface area contributed by atoms with Gasteiger partial charge in [-0.3, -0.25) is 5.84 Å². The molecule has 0 fully saturated rings. The third kappa shape index (κ3) is 2.85. The molecule has 0 bridgehead atoms. The van der Waals surface area contributed by atoms with E-state index in [1.54, 1.807) is 26.5 Å². The van der Waals surface area contributed by atoms with Crippen LogP contribution >= 0.6 is 11.6 Å². The molecular formula is C14H16ClN3O2. The summed E-state index contributed by atoms with van der Waals surface area (Å²) in [6, 6.07) is 8.93. The third-order valence-electron chi connectivity index (χ3n) is 2.98. The lowest BCUT2D eigenvalue weighted by Gasteiger charge is -2.19. The van der Waals surface area contributed by atoms with Crippen molar-refractivity contribution in [1.82, 2.24) is 10.4 Å². The molecule has 0 aliphatic carbocycles. The van der Waals surface area contributed by atoms with Crippen LogP contribution in [0.1, 0.15) is 17.2 Å². The number of nitrogens with one attached hydrogen (secondary N) is 1. The monoisotopic (exact) mass is 293 g/mol. The molecule has 3 N–H and O–H groups in total. The van der Waals surface area contributed by atoms with E-state index in [4.69, 9.17) is 26.9 Å². The predicted octanol–water partition coefficient (Wildman–Crippen LogP) is 2.30. The Hall–Kier alpha value is -1.82. The Kier molecular flexibility index (Phi) is 4.79. The standard InChI is InChI=1S/C14H16ClN3O2/c1-19-12-8-9(5-6-11(12)15)13(18-16)10-4-3-7-17-14(10)20-2/h3-8,13,18H,16H2,1-2H3. The number of hydrogen-bond acceptors (Lipinski definition) is 5. The molecule has 1 aromatic heterocycles.